The number of nitrogens with one attached hydrogen (secondary N) is 1. The molecule has 0 bridgehead atoms. The van der Waals surface area contributed by atoms with Gasteiger partial charge in [0, 0.05) is 13.1 Å². The van der Waals surface area contributed by atoms with E-state index in [2.05, 4.69) is 5.32 Å². The summed E-state index contributed by atoms with van der Waals surface area (Å²) in [5.74, 6) is 0. The lowest BCUT2D eigenvalue weighted by Crippen LogP contribution is -2.14. The van der Waals surface area contributed by atoms with Crippen molar-refractivity contribution in [2.24, 2.45) is 5.73 Å². The van der Waals surface area contributed by atoms with E-state index in [1.165, 1.54) is 6.07 Å². The Morgan fingerprint density at radius 1 is 1.60 bits per heavy atom. The molecule has 0 aliphatic carbocycles. The van der Waals surface area contributed by atoms with Gasteiger partial charge in [-0.3, -0.25) is 10.1 Å². The highest BCUT2D eigenvalue weighted by atomic mass is 16.6. The normalized spacial score (nSPS) is 9.33. The summed E-state index contributed by atoms with van der Waals surface area (Å²) in [5.41, 5.74) is 5.44. The Morgan fingerprint density at radius 2 is 2.33 bits per heavy atom. The second kappa shape index (κ2) is 4.93. The molecule has 0 fully saturated rings. The number of para-hydroxylation sites is 1. The first-order chi connectivity index (χ1) is 7.20. The molecule has 15 heavy (non-hydrogen) atoms. The van der Waals surface area contributed by atoms with Gasteiger partial charge in [-0.25, -0.2) is 0 Å². The summed E-state index contributed by atoms with van der Waals surface area (Å²) in [6.45, 7) is 0.795. The van der Waals surface area contributed by atoms with Crippen LogP contribution in [0.3, 0.4) is 0 Å². The third-order valence-electron chi connectivity index (χ3n) is 1.80. The highest BCUT2D eigenvalue weighted by molar-refractivity contribution is 5.68. The average Bonchev–Trinajstić information content (AvgIpc) is 2.25. The Balaban J connectivity index is 3.15. The van der Waals surface area contributed by atoms with Crippen LogP contribution in [0.5, 0.6) is 0 Å². The van der Waals surface area contributed by atoms with Gasteiger partial charge in [0.2, 0.25) is 0 Å². The minimum atomic E-state index is -0.572. The Kier molecular flexibility index (Phi) is 3.60. The molecule has 0 saturated heterocycles. The number of anilines is 1. The molecule has 1 rings (SSSR count). The lowest BCUT2D eigenvalue weighted by atomic mass is 10.1. The van der Waals surface area contributed by atoms with Crippen molar-refractivity contribution >= 4 is 11.4 Å². The zero-order valence-electron chi connectivity index (χ0n) is 7.93. The Bertz CT molecular complexity index is 411. The van der Waals surface area contributed by atoms with E-state index in [0.29, 0.717) is 18.8 Å². The fourth-order valence-electron chi connectivity index (χ4n) is 1.18. The van der Waals surface area contributed by atoms with Gasteiger partial charge in [0.1, 0.15) is 17.3 Å². The van der Waals surface area contributed by atoms with E-state index in [9.17, 15) is 10.1 Å². The zero-order chi connectivity index (χ0) is 11.3. The molecule has 0 saturated carbocycles. The van der Waals surface area contributed by atoms with E-state index < -0.39 is 4.92 Å². The van der Waals surface area contributed by atoms with Crippen LogP contribution in [-0.2, 0) is 0 Å². The summed E-state index contributed by atoms with van der Waals surface area (Å²) >= 11 is 0. The Hall–Kier alpha value is -2.13. The van der Waals surface area contributed by atoms with Gasteiger partial charge in [-0.2, -0.15) is 5.26 Å². The number of nitrogens with zero attached hydrogens (tertiary/aromatic N) is 2. The first-order valence-corrected chi connectivity index (χ1v) is 4.32. The van der Waals surface area contributed by atoms with Crippen LogP contribution < -0.4 is 11.1 Å². The molecule has 0 amide bonds. The minimum absolute atomic E-state index is 0.0435. The molecule has 1 aromatic rings. The molecule has 0 aromatic heterocycles. The number of hydrogen-bond donors (Lipinski definition) is 2. The second-order valence-electron chi connectivity index (χ2n) is 2.79. The largest absolute Gasteiger partial charge is 0.378 e. The summed E-state index contributed by atoms with van der Waals surface area (Å²) in [6.07, 6.45) is 0. The lowest BCUT2D eigenvalue weighted by molar-refractivity contribution is -0.384. The zero-order valence-corrected chi connectivity index (χ0v) is 7.93. The smallest absolute Gasteiger partial charge is 0.309 e. The number of rotatable bonds is 4. The summed E-state index contributed by atoms with van der Waals surface area (Å²) in [7, 11) is 0. The monoisotopic (exact) mass is 206 g/mol. The molecule has 0 spiro atoms. The molecule has 0 aliphatic heterocycles. The Labute approximate surface area is 86.5 Å². The van der Waals surface area contributed by atoms with Crippen LogP contribution >= 0.6 is 0 Å². The molecule has 78 valence electrons. The van der Waals surface area contributed by atoms with Gasteiger partial charge in [0.25, 0.3) is 0 Å². The first-order valence-electron chi connectivity index (χ1n) is 4.32. The number of nitrogens with two attached hydrogens (primary N) is 1. The summed E-state index contributed by atoms with van der Waals surface area (Å²) < 4.78 is 0. The van der Waals surface area contributed by atoms with E-state index in [1.807, 2.05) is 0 Å². The molecule has 6 heteroatoms. The molecule has 0 unspecified atom stereocenters. The number of nitriles is 1. The predicted molar refractivity (Wildman–Crippen MR) is 55.4 cm³/mol. The van der Waals surface area contributed by atoms with E-state index >= 15 is 0 Å². The number of nitro groups is 1. The fraction of sp³-hybridized carbons (Fsp3) is 0.222. The number of hydrogen-bond acceptors (Lipinski definition) is 5. The second-order valence-corrected chi connectivity index (χ2v) is 2.79. The highest BCUT2D eigenvalue weighted by Gasteiger charge is 2.18. The summed E-state index contributed by atoms with van der Waals surface area (Å²) in [6, 6.07) is 6.33. The van der Waals surface area contributed by atoms with E-state index in [4.69, 9.17) is 11.0 Å². The van der Waals surface area contributed by atoms with Crippen LogP contribution in [0.15, 0.2) is 18.2 Å². The topological polar surface area (TPSA) is 105 Å². The van der Waals surface area contributed by atoms with Crippen molar-refractivity contribution in [3.63, 3.8) is 0 Å². The third-order valence-corrected chi connectivity index (χ3v) is 1.80. The van der Waals surface area contributed by atoms with Gasteiger partial charge < -0.3 is 11.1 Å². The number of nitro benzene ring substituents is 1. The van der Waals surface area contributed by atoms with Crippen molar-refractivity contribution in [3.05, 3.63) is 33.9 Å². The molecule has 0 heterocycles. The highest BCUT2D eigenvalue weighted by Crippen LogP contribution is 2.27. The molecule has 0 radical (unpaired) electrons. The lowest BCUT2D eigenvalue weighted by Gasteiger charge is -2.05. The standard InChI is InChI=1S/C9H10N4O2/c10-4-5-12-8-3-1-2-7(6-11)9(8)13(14)15/h1-3,12H,4-5,10H2. The molecular weight excluding hydrogens is 196 g/mol. The van der Waals surface area contributed by atoms with Crippen molar-refractivity contribution < 1.29 is 4.92 Å². The van der Waals surface area contributed by atoms with Crippen molar-refractivity contribution in [2.45, 2.75) is 0 Å². The van der Waals surface area contributed by atoms with E-state index in [0.717, 1.165) is 0 Å². The molecule has 6 nitrogen and oxygen atoms in total. The molecular formula is C9H10N4O2. The minimum Gasteiger partial charge on any atom is -0.378 e. The van der Waals surface area contributed by atoms with Gasteiger partial charge in [0.05, 0.1) is 4.92 Å². The fourth-order valence-corrected chi connectivity index (χ4v) is 1.18. The average molecular weight is 206 g/mol. The van der Waals surface area contributed by atoms with E-state index in [-0.39, 0.29) is 11.3 Å². The van der Waals surface area contributed by atoms with Crippen molar-refractivity contribution in [2.75, 3.05) is 18.4 Å². The van der Waals surface area contributed by atoms with Crippen LogP contribution in [0.25, 0.3) is 0 Å². The first kappa shape index (κ1) is 10.9. The molecule has 3 N–H and O–H groups in total. The maximum absolute atomic E-state index is 10.7. The van der Waals surface area contributed by atoms with Gasteiger partial charge >= 0.3 is 5.69 Å². The molecule has 0 aliphatic rings. The van der Waals surface area contributed by atoms with Crippen LogP contribution in [0.1, 0.15) is 5.56 Å². The van der Waals surface area contributed by atoms with Crippen LogP contribution in [0, 0.1) is 21.4 Å². The molecule has 0 atom stereocenters. The van der Waals surface area contributed by atoms with Crippen LogP contribution in [0.2, 0.25) is 0 Å². The van der Waals surface area contributed by atoms with Gasteiger partial charge in [-0.15, -0.1) is 0 Å². The van der Waals surface area contributed by atoms with E-state index in [1.54, 1.807) is 18.2 Å². The third kappa shape index (κ3) is 2.42. The maximum atomic E-state index is 10.7. The van der Waals surface area contributed by atoms with Crippen LogP contribution in [-0.4, -0.2) is 18.0 Å². The summed E-state index contributed by atoms with van der Waals surface area (Å²) in [4.78, 5) is 10.2. The van der Waals surface area contributed by atoms with Gasteiger partial charge in [-0.05, 0) is 12.1 Å². The molecule has 1 aromatic carbocycles. The Morgan fingerprint density at radius 3 is 2.87 bits per heavy atom. The quantitative estimate of drug-likeness (QED) is 0.560. The van der Waals surface area contributed by atoms with Crippen LogP contribution in [0.4, 0.5) is 11.4 Å². The van der Waals surface area contributed by atoms with Gasteiger partial charge in [-0.1, -0.05) is 6.07 Å². The van der Waals surface area contributed by atoms with Crippen molar-refractivity contribution in [1.82, 2.24) is 0 Å². The number of benzene rings is 1. The van der Waals surface area contributed by atoms with Crippen molar-refractivity contribution in [1.29, 1.82) is 5.26 Å². The predicted octanol–water partition coefficient (Wildman–Crippen LogP) is 0.837. The van der Waals surface area contributed by atoms with Gasteiger partial charge in [0.15, 0.2) is 0 Å². The maximum Gasteiger partial charge on any atom is 0.309 e. The summed E-state index contributed by atoms with van der Waals surface area (Å²) in [5, 5.41) is 22.3. The SMILES string of the molecule is N#Cc1cccc(NCCN)c1[N+](=O)[O-]. The van der Waals surface area contributed by atoms with Crippen molar-refractivity contribution in [3.8, 4) is 6.07 Å².